The minimum absolute atomic E-state index is 0.0323. The van der Waals surface area contributed by atoms with E-state index >= 15 is 0 Å². The fraction of sp³-hybridized carbons (Fsp3) is 0.0976. The van der Waals surface area contributed by atoms with E-state index in [0.717, 1.165) is 0 Å². The minimum Gasteiger partial charge on any atom is -0.0619 e. The smallest absolute Gasteiger partial charge is 0.0619 e. The molecule has 0 heteroatoms. The van der Waals surface area contributed by atoms with E-state index in [-0.39, 0.29) is 5.41 Å². The molecule has 0 saturated carbocycles. The quantitative estimate of drug-likeness (QED) is 0.133. The molecule has 0 unspecified atom stereocenters. The van der Waals surface area contributed by atoms with Gasteiger partial charge in [-0.25, -0.2) is 0 Å². The van der Waals surface area contributed by atoms with Gasteiger partial charge < -0.3 is 0 Å². The fourth-order valence-corrected chi connectivity index (χ4v) is 14.4. The second-order valence-electron chi connectivity index (χ2n) is 24.0. The average molecular weight is 1050 g/mol. The van der Waals surface area contributed by atoms with Crippen LogP contribution in [0.1, 0.15) is 82.0 Å². The molecule has 0 atom stereocenters. The SMILES string of the molecule is Cc1ccc(C2(c3ccc(-c4ccc(-c5c6ccccc6c(-c6ccc(-c7ccc(C8(c9ccc(C)cc9)c9ccccc9-c9ccccc98)cc7)cc6)c6cc(C(C)(C)C)ccc56)cc4)cc3)c3ccccc3-c3ccccc32)cc1. The van der Waals surface area contributed by atoms with Gasteiger partial charge >= 0.3 is 0 Å². The second kappa shape index (κ2) is 19.0. The Morgan fingerprint density at radius 1 is 0.244 bits per heavy atom. The van der Waals surface area contributed by atoms with Gasteiger partial charge in [0, 0.05) is 0 Å². The Balaban J connectivity index is 0.797. The summed E-state index contributed by atoms with van der Waals surface area (Å²) in [4.78, 5) is 0. The van der Waals surface area contributed by atoms with Gasteiger partial charge in [-0.2, -0.15) is 0 Å². The van der Waals surface area contributed by atoms with Gasteiger partial charge in [0.2, 0.25) is 0 Å². The third kappa shape index (κ3) is 7.51. The molecule has 0 spiro atoms. The Labute approximate surface area is 482 Å². The zero-order chi connectivity index (χ0) is 55.3. The molecule has 15 rings (SSSR count). The predicted molar refractivity (Wildman–Crippen MR) is 346 cm³/mol. The molecule has 0 aromatic heterocycles. The maximum atomic E-state index is 2.47. The molecule has 2 aliphatic rings. The van der Waals surface area contributed by atoms with E-state index < -0.39 is 10.8 Å². The first-order valence-electron chi connectivity index (χ1n) is 29.1. The highest BCUT2D eigenvalue weighted by molar-refractivity contribution is 6.21. The van der Waals surface area contributed by atoms with E-state index in [1.807, 2.05) is 0 Å². The van der Waals surface area contributed by atoms with Crippen LogP contribution in [-0.4, -0.2) is 0 Å². The lowest BCUT2D eigenvalue weighted by Gasteiger charge is -2.34. The lowest BCUT2D eigenvalue weighted by atomic mass is 9.67. The van der Waals surface area contributed by atoms with Crippen LogP contribution < -0.4 is 0 Å². The number of aryl methyl sites for hydroxylation is 2. The van der Waals surface area contributed by atoms with Crippen LogP contribution in [0.3, 0.4) is 0 Å². The maximum Gasteiger partial charge on any atom is 0.0713 e. The molecule has 13 aromatic carbocycles. The highest BCUT2D eigenvalue weighted by Crippen LogP contribution is 2.58. The Hall–Kier alpha value is -9.62. The lowest BCUT2D eigenvalue weighted by Crippen LogP contribution is -2.28. The summed E-state index contributed by atoms with van der Waals surface area (Å²) in [5.74, 6) is 0. The summed E-state index contributed by atoms with van der Waals surface area (Å²) in [6.45, 7) is 11.3. The van der Waals surface area contributed by atoms with E-state index in [9.17, 15) is 0 Å². The van der Waals surface area contributed by atoms with E-state index in [1.54, 1.807) is 0 Å². The maximum absolute atomic E-state index is 2.47. The minimum atomic E-state index is -0.429. The number of hydrogen-bond donors (Lipinski definition) is 0. The molecule has 82 heavy (non-hydrogen) atoms. The molecule has 0 amide bonds. The number of fused-ring (bicyclic) bond motifs is 8. The highest BCUT2D eigenvalue weighted by Gasteiger charge is 2.47. The summed E-state index contributed by atoms with van der Waals surface area (Å²) < 4.78 is 0. The molecule has 13 aromatic rings. The van der Waals surface area contributed by atoms with Crippen LogP contribution in [0.5, 0.6) is 0 Å². The van der Waals surface area contributed by atoms with Crippen molar-refractivity contribution in [2.75, 3.05) is 0 Å². The van der Waals surface area contributed by atoms with E-state index in [0.29, 0.717) is 0 Å². The van der Waals surface area contributed by atoms with Crippen molar-refractivity contribution in [3.05, 3.63) is 346 Å². The summed E-state index contributed by atoms with van der Waals surface area (Å²) in [6.07, 6.45) is 0. The second-order valence-corrected chi connectivity index (χ2v) is 24.0. The highest BCUT2D eigenvalue weighted by atomic mass is 14.5. The predicted octanol–water partition coefficient (Wildman–Crippen LogP) is 21.3. The summed E-state index contributed by atoms with van der Waals surface area (Å²) in [5, 5.41) is 5.04. The number of hydrogen-bond acceptors (Lipinski definition) is 0. The van der Waals surface area contributed by atoms with Gasteiger partial charge in [0.05, 0.1) is 10.8 Å². The first-order valence-corrected chi connectivity index (χ1v) is 29.1. The molecular formula is C82H62. The van der Waals surface area contributed by atoms with Crippen molar-refractivity contribution in [1.29, 1.82) is 0 Å². The normalized spacial score (nSPS) is 13.6. The molecule has 390 valence electrons. The molecule has 0 saturated heterocycles. The van der Waals surface area contributed by atoms with Crippen molar-refractivity contribution in [3.63, 3.8) is 0 Å². The lowest BCUT2D eigenvalue weighted by molar-refractivity contribution is 0.591. The Bertz CT molecular complexity index is 4510. The van der Waals surface area contributed by atoms with E-state index in [4.69, 9.17) is 0 Å². The van der Waals surface area contributed by atoms with Crippen LogP contribution in [0.25, 0.3) is 88.3 Å². The van der Waals surface area contributed by atoms with Crippen LogP contribution in [0.4, 0.5) is 0 Å². The van der Waals surface area contributed by atoms with Gasteiger partial charge in [-0.3, -0.25) is 0 Å². The number of rotatable bonds is 8. The third-order valence-corrected chi connectivity index (χ3v) is 18.4. The van der Waals surface area contributed by atoms with Crippen LogP contribution >= 0.6 is 0 Å². The van der Waals surface area contributed by atoms with Crippen LogP contribution in [0.2, 0.25) is 0 Å². The van der Waals surface area contributed by atoms with E-state index in [2.05, 4.69) is 320 Å². The third-order valence-electron chi connectivity index (χ3n) is 18.4. The van der Waals surface area contributed by atoms with Crippen molar-refractivity contribution in [3.8, 4) is 66.8 Å². The van der Waals surface area contributed by atoms with E-state index in [1.165, 1.54) is 150 Å². The summed E-state index contributed by atoms with van der Waals surface area (Å²) in [6, 6.07) is 108. The summed E-state index contributed by atoms with van der Waals surface area (Å²) >= 11 is 0. The average Bonchev–Trinajstić information content (AvgIpc) is 4.22. The molecule has 0 aliphatic heterocycles. The molecule has 2 aliphatic carbocycles. The van der Waals surface area contributed by atoms with Gasteiger partial charge in [0.25, 0.3) is 0 Å². The monoisotopic (exact) mass is 1050 g/mol. The van der Waals surface area contributed by atoms with Crippen LogP contribution in [0, 0.1) is 13.8 Å². The van der Waals surface area contributed by atoms with Crippen molar-refractivity contribution in [2.45, 2.75) is 50.9 Å². The molecule has 0 N–H and O–H groups in total. The fourth-order valence-electron chi connectivity index (χ4n) is 14.4. The topological polar surface area (TPSA) is 0 Å². The number of benzene rings is 13. The molecule has 0 heterocycles. The van der Waals surface area contributed by atoms with Crippen LogP contribution in [-0.2, 0) is 16.2 Å². The summed E-state index contributed by atoms with van der Waals surface area (Å²) in [5.41, 5.74) is 28.4. The molecule has 0 fully saturated rings. The molecule has 0 bridgehead atoms. The summed E-state index contributed by atoms with van der Waals surface area (Å²) in [7, 11) is 0. The van der Waals surface area contributed by atoms with Crippen molar-refractivity contribution in [2.24, 2.45) is 0 Å². The van der Waals surface area contributed by atoms with Gasteiger partial charge in [0.15, 0.2) is 0 Å². The molecular weight excluding hydrogens is 985 g/mol. The zero-order valence-electron chi connectivity index (χ0n) is 47.1. The van der Waals surface area contributed by atoms with Gasteiger partial charge in [-0.1, -0.05) is 311 Å². The zero-order valence-corrected chi connectivity index (χ0v) is 47.1. The Morgan fingerprint density at radius 2 is 0.512 bits per heavy atom. The molecule has 0 radical (unpaired) electrons. The van der Waals surface area contributed by atoms with Crippen molar-refractivity contribution >= 4 is 21.5 Å². The Morgan fingerprint density at radius 3 is 0.854 bits per heavy atom. The standard InChI is InChI=1S/C82H62/c1-53-26-42-61(43-27-53)81(74-22-12-8-16-66(74)67-17-9-13-23-75(67)81)63-46-38-57(39-47-63)55-30-34-59(35-31-55)78-70-20-6-7-21-71(70)79(73-52-65(80(3,4)5)50-51-72(73)78)60-36-32-56(33-37-60)58-40-48-64(49-41-58)82(62-44-28-54(2)29-45-62)76-24-14-10-18-68(76)69-19-11-15-25-77(69)82/h6-52H,1-5H3. The molecule has 0 nitrogen and oxygen atoms in total. The van der Waals surface area contributed by atoms with Crippen LogP contribution in [0.15, 0.2) is 285 Å². The Kier molecular flexibility index (Phi) is 11.5. The largest absolute Gasteiger partial charge is 0.0713 e. The van der Waals surface area contributed by atoms with Gasteiger partial charge in [-0.05, 0) is 164 Å². The van der Waals surface area contributed by atoms with Crippen molar-refractivity contribution in [1.82, 2.24) is 0 Å². The van der Waals surface area contributed by atoms with Gasteiger partial charge in [-0.15, -0.1) is 0 Å². The van der Waals surface area contributed by atoms with Crippen molar-refractivity contribution < 1.29 is 0 Å². The first kappa shape index (κ1) is 49.4. The first-order chi connectivity index (χ1) is 40.1. The van der Waals surface area contributed by atoms with Gasteiger partial charge in [0.1, 0.15) is 0 Å².